The molecule has 0 saturated carbocycles. The van der Waals surface area contributed by atoms with E-state index in [0.717, 1.165) is 6.07 Å². The van der Waals surface area contributed by atoms with Crippen LogP contribution in [0.25, 0.3) is 11.5 Å². The number of halogens is 4. The van der Waals surface area contributed by atoms with E-state index in [2.05, 4.69) is 26.1 Å². The Bertz CT molecular complexity index is 593. The van der Waals surface area contributed by atoms with Crippen molar-refractivity contribution in [3.63, 3.8) is 0 Å². The maximum Gasteiger partial charge on any atom is 0.417 e. The average molecular weight is 335 g/mol. The lowest BCUT2D eigenvalue weighted by Gasteiger charge is -2.10. The zero-order valence-corrected chi connectivity index (χ0v) is 11.7. The third-order valence-corrected chi connectivity index (χ3v) is 2.95. The minimum Gasteiger partial charge on any atom is -0.420 e. The van der Waals surface area contributed by atoms with Crippen molar-refractivity contribution in [3.05, 3.63) is 34.1 Å². The Morgan fingerprint density at radius 3 is 2.42 bits per heavy atom. The molecule has 19 heavy (non-hydrogen) atoms. The van der Waals surface area contributed by atoms with Gasteiger partial charge in [0.05, 0.1) is 11.1 Å². The number of alkyl halides is 3. The predicted octanol–water partition coefficient (Wildman–Crippen LogP) is 4.64. The first-order valence-corrected chi connectivity index (χ1v) is 6.29. The second-order valence-electron chi connectivity index (χ2n) is 4.29. The van der Waals surface area contributed by atoms with Gasteiger partial charge in [-0.05, 0) is 18.2 Å². The summed E-state index contributed by atoms with van der Waals surface area (Å²) in [6.45, 7) is 3.65. The molecule has 2 aromatic rings. The number of benzene rings is 1. The van der Waals surface area contributed by atoms with Crippen LogP contribution in [0.3, 0.4) is 0 Å². The van der Waals surface area contributed by atoms with Crippen LogP contribution in [0.1, 0.15) is 31.2 Å². The summed E-state index contributed by atoms with van der Waals surface area (Å²) in [5.74, 6) is 0.153. The Morgan fingerprint density at radius 1 is 1.21 bits per heavy atom. The first-order chi connectivity index (χ1) is 8.79. The summed E-state index contributed by atoms with van der Waals surface area (Å²) in [6, 6.07) is 3.81. The summed E-state index contributed by atoms with van der Waals surface area (Å²) in [6.07, 6.45) is -4.48. The summed E-state index contributed by atoms with van der Waals surface area (Å²) in [5, 5.41) is 7.42. The van der Waals surface area contributed by atoms with E-state index in [4.69, 9.17) is 4.42 Å². The second kappa shape index (κ2) is 4.96. The van der Waals surface area contributed by atoms with Crippen LogP contribution in [0, 0.1) is 0 Å². The smallest absolute Gasteiger partial charge is 0.417 e. The van der Waals surface area contributed by atoms with Crippen molar-refractivity contribution in [1.29, 1.82) is 0 Å². The highest BCUT2D eigenvalue weighted by Crippen LogP contribution is 2.38. The fraction of sp³-hybridized carbons (Fsp3) is 0.333. The van der Waals surface area contributed by atoms with Crippen molar-refractivity contribution in [1.82, 2.24) is 10.2 Å². The molecule has 0 bridgehead atoms. The number of hydrogen-bond donors (Lipinski definition) is 0. The van der Waals surface area contributed by atoms with Crippen LogP contribution in [-0.2, 0) is 6.18 Å². The van der Waals surface area contributed by atoms with Gasteiger partial charge in [-0.1, -0.05) is 29.8 Å². The molecule has 0 amide bonds. The highest BCUT2D eigenvalue weighted by Gasteiger charge is 2.35. The molecule has 0 atom stereocenters. The molecule has 0 aliphatic heterocycles. The molecule has 3 nitrogen and oxygen atoms in total. The summed E-state index contributed by atoms with van der Waals surface area (Å²) < 4.78 is 44.5. The van der Waals surface area contributed by atoms with Gasteiger partial charge in [-0.15, -0.1) is 10.2 Å². The van der Waals surface area contributed by atoms with E-state index in [-0.39, 0.29) is 17.4 Å². The molecule has 1 heterocycles. The highest BCUT2D eigenvalue weighted by atomic mass is 79.9. The molecule has 0 unspecified atom stereocenters. The lowest BCUT2D eigenvalue weighted by atomic mass is 10.1. The molecule has 1 aromatic heterocycles. The van der Waals surface area contributed by atoms with Gasteiger partial charge in [-0.25, -0.2) is 0 Å². The Labute approximate surface area is 116 Å². The van der Waals surface area contributed by atoms with Crippen LogP contribution in [0.15, 0.2) is 27.1 Å². The Hall–Kier alpha value is -1.37. The van der Waals surface area contributed by atoms with E-state index in [9.17, 15) is 13.2 Å². The summed E-state index contributed by atoms with van der Waals surface area (Å²) >= 11 is 3.02. The molecule has 0 aliphatic carbocycles. The van der Waals surface area contributed by atoms with Crippen LogP contribution >= 0.6 is 15.9 Å². The zero-order valence-electron chi connectivity index (χ0n) is 10.1. The first kappa shape index (κ1) is 14.0. The molecule has 0 radical (unpaired) electrons. The molecule has 102 valence electrons. The fourth-order valence-corrected chi connectivity index (χ4v) is 1.88. The molecule has 0 aliphatic rings. The second-order valence-corrected chi connectivity index (χ2v) is 5.20. The lowest BCUT2D eigenvalue weighted by Crippen LogP contribution is -2.07. The van der Waals surface area contributed by atoms with Crippen molar-refractivity contribution in [3.8, 4) is 11.5 Å². The minimum absolute atomic E-state index is 0.0361. The molecular weight excluding hydrogens is 325 g/mol. The Morgan fingerprint density at radius 2 is 1.89 bits per heavy atom. The topological polar surface area (TPSA) is 38.9 Å². The lowest BCUT2D eigenvalue weighted by molar-refractivity contribution is -0.137. The SMILES string of the molecule is CC(C)c1nnc(-c2ccc(Br)cc2C(F)(F)F)o1. The van der Waals surface area contributed by atoms with Gasteiger partial charge in [0, 0.05) is 10.4 Å². The number of nitrogens with zero attached hydrogens (tertiary/aromatic N) is 2. The fourth-order valence-electron chi connectivity index (χ4n) is 1.51. The third kappa shape index (κ3) is 2.97. The molecular formula is C12H10BrF3N2O. The van der Waals surface area contributed by atoms with E-state index in [1.165, 1.54) is 12.1 Å². The number of aromatic nitrogens is 2. The quantitative estimate of drug-likeness (QED) is 0.802. The highest BCUT2D eigenvalue weighted by molar-refractivity contribution is 9.10. The van der Waals surface area contributed by atoms with Crippen LogP contribution < -0.4 is 0 Å². The molecule has 0 saturated heterocycles. The van der Waals surface area contributed by atoms with E-state index in [1.807, 2.05) is 13.8 Å². The largest absolute Gasteiger partial charge is 0.420 e. The van der Waals surface area contributed by atoms with Crippen molar-refractivity contribution < 1.29 is 17.6 Å². The zero-order chi connectivity index (χ0) is 14.2. The van der Waals surface area contributed by atoms with Gasteiger partial charge in [-0.2, -0.15) is 13.2 Å². The van der Waals surface area contributed by atoms with Crippen LogP contribution in [0.5, 0.6) is 0 Å². The minimum atomic E-state index is -4.48. The molecule has 0 spiro atoms. The van der Waals surface area contributed by atoms with E-state index < -0.39 is 11.7 Å². The van der Waals surface area contributed by atoms with Crippen molar-refractivity contribution in [2.45, 2.75) is 25.9 Å². The van der Waals surface area contributed by atoms with Crippen molar-refractivity contribution >= 4 is 15.9 Å². The molecule has 1 aromatic carbocycles. The average Bonchev–Trinajstić information content (AvgIpc) is 2.77. The first-order valence-electron chi connectivity index (χ1n) is 5.49. The van der Waals surface area contributed by atoms with E-state index >= 15 is 0 Å². The summed E-state index contributed by atoms with van der Waals surface area (Å²) in [7, 11) is 0. The van der Waals surface area contributed by atoms with Gasteiger partial charge in [0.25, 0.3) is 0 Å². The molecule has 0 N–H and O–H groups in total. The number of hydrogen-bond acceptors (Lipinski definition) is 3. The molecule has 7 heteroatoms. The monoisotopic (exact) mass is 334 g/mol. The van der Waals surface area contributed by atoms with Crippen molar-refractivity contribution in [2.75, 3.05) is 0 Å². The Balaban J connectivity index is 2.55. The van der Waals surface area contributed by atoms with Gasteiger partial charge < -0.3 is 4.42 Å². The maximum absolute atomic E-state index is 13.0. The maximum atomic E-state index is 13.0. The normalized spacial score (nSPS) is 12.2. The molecule has 2 rings (SSSR count). The standard InChI is InChI=1S/C12H10BrF3N2O/c1-6(2)10-17-18-11(19-10)8-4-3-7(13)5-9(8)12(14,15)16/h3-6H,1-2H3. The van der Waals surface area contributed by atoms with E-state index in [1.54, 1.807) is 0 Å². The van der Waals surface area contributed by atoms with E-state index in [0.29, 0.717) is 10.4 Å². The van der Waals surface area contributed by atoms with Gasteiger partial charge >= 0.3 is 6.18 Å². The van der Waals surface area contributed by atoms with Crippen LogP contribution in [0.2, 0.25) is 0 Å². The Kier molecular flexibility index (Phi) is 3.66. The van der Waals surface area contributed by atoms with Crippen LogP contribution in [0.4, 0.5) is 13.2 Å². The predicted molar refractivity (Wildman–Crippen MR) is 66.5 cm³/mol. The van der Waals surface area contributed by atoms with Gasteiger partial charge in [0.2, 0.25) is 11.8 Å². The summed E-state index contributed by atoms with van der Waals surface area (Å²) in [4.78, 5) is 0. The van der Waals surface area contributed by atoms with Crippen LogP contribution in [-0.4, -0.2) is 10.2 Å². The van der Waals surface area contributed by atoms with Gasteiger partial charge in [0.1, 0.15) is 0 Å². The molecule has 0 fully saturated rings. The van der Waals surface area contributed by atoms with Gasteiger partial charge in [0.15, 0.2) is 0 Å². The van der Waals surface area contributed by atoms with Gasteiger partial charge in [-0.3, -0.25) is 0 Å². The third-order valence-electron chi connectivity index (χ3n) is 2.45. The van der Waals surface area contributed by atoms with Crippen molar-refractivity contribution in [2.24, 2.45) is 0 Å². The number of rotatable bonds is 2. The summed E-state index contributed by atoms with van der Waals surface area (Å²) in [5.41, 5.74) is -0.920.